The molecule has 0 fully saturated rings. The average Bonchev–Trinajstić information content (AvgIpc) is 1.57. The number of rotatable bonds is 14. The Kier molecular flexibility index (Phi) is 19.7. The van der Waals surface area contributed by atoms with Gasteiger partial charge in [0.05, 0.1) is 121 Å². The van der Waals surface area contributed by atoms with Crippen LogP contribution < -0.4 is 0 Å². The second-order valence-corrected chi connectivity index (χ2v) is 29.6. The Bertz CT molecular complexity index is 7540. The van der Waals surface area contributed by atoms with Crippen LogP contribution in [0.25, 0.3) is 224 Å². The van der Waals surface area contributed by atoms with Crippen molar-refractivity contribution >= 4 is 83.4 Å². The van der Waals surface area contributed by atoms with Gasteiger partial charge in [0.15, 0.2) is 74.8 Å². The first-order valence-corrected chi connectivity index (χ1v) is 39.5. The summed E-state index contributed by atoms with van der Waals surface area (Å²) in [4.78, 5) is 57.5. The van der Waals surface area contributed by atoms with Gasteiger partial charge in [-0.05, 0) is 154 Å². The lowest BCUT2D eigenvalue weighted by molar-refractivity contribution is 1.06. The van der Waals surface area contributed by atoms with Gasteiger partial charge < -0.3 is 9.13 Å². The second kappa shape index (κ2) is 32.5. The van der Waals surface area contributed by atoms with Crippen LogP contribution in [-0.2, 0) is 0 Å². The molecule has 0 spiro atoms. The zero-order valence-electron chi connectivity index (χ0n) is 66.8. The average molecular weight is 1630 g/mol. The molecule has 0 saturated heterocycles. The van der Waals surface area contributed by atoms with Gasteiger partial charge in [-0.2, -0.15) is 26.3 Å². The van der Waals surface area contributed by atoms with Crippen molar-refractivity contribution < 1.29 is 0 Å². The first-order valence-electron chi connectivity index (χ1n) is 39.5. The lowest BCUT2D eigenvalue weighted by Crippen LogP contribution is -2.04. The summed E-state index contributed by atoms with van der Waals surface area (Å²) in [6.07, 6.45) is 0. The van der Waals surface area contributed by atoms with Gasteiger partial charge in [0.25, 0.3) is 0 Å². The van der Waals surface area contributed by atoms with Gasteiger partial charge in [-0.1, -0.05) is 194 Å². The highest BCUT2D eigenvalue weighted by Crippen LogP contribution is 2.49. The molecule has 15 aromatic carbocycles. The van der Waals surface area contributed by atoms with Crippen LogP contribution in [0.4, 0.5) is 39.8 Å². The summed E-state index contributed by atoms with van der Waals surface area (Å²) in [6.45, 7) is 56.8. The molecule has 0 aliphatic heterocycles. The van der Waals surface area contributed by atoms with Crippen LogP contribution in [0.2, 0.25) is 0 Å². The van der Waals surface area contributed by atoms with Crippen molar-refractivity contribution in [1.82, 2.24) is 39.0 Å². The largest absolute Gasteiger partial charge is 0.308 e. The van der Waals surface area contributed by atoms with Gasteiger partial charge in [-0.15, -0.1) is 0 Å². The van der Waals surface area contributed by atoms with Gasteiger partial charge in [0, 0.05) is 93.9 Å². The molecular formula is C108H50N20. The molecule has 20 nitrogen and oxygen atoms in total. The maximum absolute atomic E-state index is 10.8. The molecule has 0 radical (unpaired) electrons. The van der Waals surface area contributed by atoms with Gasteiger partial charge in [-0.3, -0.25) is 0 Å². The van der Waals surface area contributed by atoms with Crippen LogP contribution in [0.15, 0.2) is 303 Å². The monoisotopic (exact) mass is 1630 g/mol. The van der Waals surface area contributed by atoms with Gasteiger partial charge in [0.1, 0.15) is 0 Å². The van der Waals surface area contributed by atoms with E-state index < -0.39 is 0 Å². The number of aromatic nitrogens is 8. The predicted octanol–water partition coefficient (Wildman–Crippen LogP) is 27.5. The maximum Gasteiger partial charge on any atom is 0.189 e. The molecule has 0 saturated carbocycles. The lowest BCUT2D eigenvalue weighted by atomic mass is 9.93. The van der Waals surface area contributed by atoms with E-state index >= 15 is 0 Å². The Morgan fingerprint density at radius 2 is 0.453 bits per heavy atom. The van der Waals surface area contributed by atoms with Crippen molar-refractivity contribution in [2.45, 2.75) is 0 Å². The molecule has 0 amide bonds. The molecule has 19 aromatic rings. The van der Waals surface area contributed by atoms with Crippen LogP contribution >= 0.6 is 0 Å². The van der Waals surface area contributed by atoms with Gasteiger partial charge >= 0.3 is 0 Å². The van der Waals surface area contributed by atoms with E-state index in [1.54, 1.807) is 0 Å². The molecule has 582 valence electrons. The fraction of sp³-hybridized carbons (Fsp3) is 0. The summed E-state index contributed by atoms with van der Waals surface area (Å²) >= 11 is 0. The fourth-order valence-corrected chi connectivity index (χ4v) is 16.7. The van der Waals surface area contributed by atoms with E-state index in [1.807, 2.05) is 237 Å². The van der Waals surface area contributed by atoms with E-state index in [1.165, 1.54) is 48.5 Å². The van der Waals surface area contributed by atoms with Crippen molar-refractivity contribution in [3.05, 3.63) is 411 Å². The molecular weight excluding hydrogens is 1580 g/mol. The van der Waals surface area contributed by atoms with Crippen LogP contribution in [0.3, 0.4) is 0 Å². The molecule has 20 heteroatoms. The van der Waals surface area contributed by atoms with Crippen molar-refractivity contribution in [2.75, 3.05) is 0 Å². The van der Waals surface area contributed by atoms with E-state index in [-0.39, 0.29) is 67.6 Å². The van der Waals surface area contributed by atoms with E-state index in [0.717, 1.165) is 44.5 Å². The third kappa shape index (κ3) is 13.6. The quantitative estimate of drug-likeness (QED) is 0.0928. The van der Waals surface area contributed by atoms with Gasteiger partial charge in [-0.25, -0.2) is 63.8 Å². The third-order valence-electron chi connectivity index (χ3n) is 22.5. The Morgan fingerprint density at radius 3 is 0.727 bits per heavy atom. The van der Waals surface area contributed by atoms with Crippen LogP contribution in [0, 0.1) is 103 Å². The number of benzene rings is 15. The highest BCUT2D eigenvalue weighted by Gasteiger charge is 2.28. The van der Waals surface area contributed by atoms with Crippen molar-refractivity contribution in [3.8, 4) is 177 Å². The second-order valence-electron chi connectivity index (χ2n) is 29.6. The summed E-state index contributed by atoms with van der Waals surface area (Å²) in [7, 11) is 0. The zero-order chi connectivity index (χ0) is 87.8. The first kappa shape index (κ1) is 77.7. The summed E-state index contributed by atoms with van der Waals surface area (Å²) < 4.78 is 4.20. The van der Waals surface area contributed by atoms with Crippen LogP contribution in [0.1, 0.15) is 27.8 Å². The summed E-state index contributed by atoms with van der Waals surface area (Å²) in [5, 5.41) is 56.5. The Balaban J connectivity index is 0.874. The highest BCUT2D eigenvalue weighted by atomic mass is 15.1. The number of nitriles is 5. The first-order chi connectivity index (χ1) is 62.8. The van der Waals surface area contributed by atoms with Gasteiger partial charge in [0.2, 0.25) is 0 Å². The molecule has 0 unspecified atom stereocenters. The molecule has 0 aliphatic carbocycles. The molecule has 0 aliphatic rings. The molecule has 0 bridgehead atoms. The molecule has 0 atom stereocenters. The summed E-state index contributed by atoms with van der Waals surface area (Å²) in [5.74, 6) is 2.24. The maximum atomic E-state index is 10.8. The van der Waals surface area contributed by atoms with E-state index in [4.69, 9.17) is 75.9 Å². The topological polar surface area (TPSA) is 237 Å². The molecule has 4 aromatic heterocycles. The number of hydrogen-bond acceptors (Lipinski definition) is 11. The molecule has 19 rings (SSSR count). The number of fused-ring (bicyclic) bond motifs is 6. The van der Waals surface area contributed by atoms with Crippen molar-refractivity contribution in [3.63, 3.8) is 0 Å². The normalized spacial score (nSPS) is 10.7. The highest BCUT2D eigenvalue weighted by molar-refractivity contribution is 6.15. The summed E-state index contributed by atoms with van der Waals surface area (Å²) in [5.41, 5.74) is 15.5. The van der Waals surface area contributed by atoms with E-state index in [2.05, 4.69) is 91.6 Å². The lowest BCUT2D eigenvalue weighted by Gasteiger charge is -2.18. The molecule has 128 heavy (non-hydrogen) atoms. The van der Waals surface area contributed by atoms with Crippen molar-refractivity contribution in [2.24, 2.45) is 0 Å². The van der Waals surface area contributed by atoms with Crippen LogP contribution in [0.5, 0.6) is 0 Å². The Labute approximate surface area is 732 Å². The Hall–Kier alpha value is -20.2. The minimum atomic E-state index is 0.0957. The van der Waals surface area contributed by atoms with E-state index in [0.29, 0.717) is 146 Å². The molecule has 0 N–H and O–H groups in total. The SMILES string of the molecule is [C-]#[N+]c1cc(C#N)c(-c2ccc3c(c2)c2cc(-c4c(C#N)cc([N+]#[C-])cc4[N+]#[C-])ccc2n3-c2cc(-c3cccc(-c4ccc(-c5nc(-c6ccccc6)nc(-c6ccccc6)n5)c(-n5c6ccc(-c7c(C#N)cc([N+]#[C-])cc7[N+]#[C-])cc6c6cc(-c7c(C#N)cc([N+]#[C-])cc7[N+]#[C-])ccc65)c4)c3)ccc2-c2nc(-c3ccccc3)nc(-c3ccccc3)n2)c(C#N)c1. The number of hydrogen-bond donors (Lipinski definition) is 0. The summed E-state index contributed by atoms with van der Waals surface area (Å²) in [6, 6.07) is 104. The fourth-order valence-electron chi connectivity index (χ4n) is 16.7. The smallest absolute Gasteiger partial charge is 0.189 e. The standard InChI is InChI=1S/C108H50N20/c1-114-80-44-75(58-109)99(76(45-80)59-110)71-33-39-93-86(49-71)87-50-72(100-77(60-111)46-81(115-2)55-90(100)118-5)34-40-94(87)127(93)97-53-69(31-37-84(97)107-123-103(63-21-12-8-13-22-63)121-104(124-107)64-23-14-9-15-24-64)67-29-20-30-68(43-67)70-32-38-85(108-125-105(65-25-16-10-17-26-65)122-106(126-108)66-27-18-11-19-28-66)98(54-70)128-95-41-35-73(101-78(61-112)47-82(116-3)56-91(101)119-6)51-88(95)89-52-74(36-42-96(89)128)102-79(62-113)48-83(117-4)57-92(102)120-7/h8-57H. The zero-order valence-corrected chi connectivity index (χ0v) is 66.8. The minimum Gasteiger partial charge on any atom is -0.308 e. The Morgan fingerprint density at radius 1 is 0.211 bits per heavy atom. The van der Waals surface area contributed by atoms with Crippen molar-refractivity contribution in [1.29, 1.82) is 26.3 Å². The predicted molar refractivity (Wildman–Crippen MR) is 495 cm³/mol. The third-order valence-corrected chi connectivity index (χ3v) is 22.5. The van der Waals surface area contributed by atoms with E-state index in [9.17, 15) is 26.3 Å². The molecule has 4 heterocycles. The van der Waals surface area contributed by atoms with Crippen LogP contribution in [-0.4, -0.2) is 39.0 Å². The minimum absolute atomic E-state index is 0.0957. The number of nitrogens with zero attached hydrogens (tertiary/aromatic N) is 20.